The van der Waals surface area contributed by atoms with Crippen LogP contribution in [0, 0.1) is 6.61 Å². The second-order valence-corrected chi connectivity index (χ2v) is 6.24. The van der Waals surface area contributed by atoms with E-state index in [4.69, 9.17) is 19.2 Å². The summed E-state index contributed by atoms with van der Waals surface area (Å²) < 4.78 is 10.9. The van der Waals surface area contributed by atoms with Crippen LogP contribution < -0.4 is 4.74 Å². The van der Waals surface area contributed by atoms with E-state index in [1.165, 1.54) is 25.9 Å². The number of carbonyl (C=O) groups is 1. The van der Waals surface area contributed by atoms with Crippen LogP contribution in [0.3, 0.4) is 0 Å². The minimum atomic E-state index is -0.545. The maximum atomic E-state index is 11.8. The fourth-order valence-corrected chi connectivity index (χ4v) is 1.85. The van der Waals surface area contributed by atoms with Crippen LogP contribution in [0.15, 0.2) is 24.3 Å². The van der Waals surface area contributed by atoms with E-state index in [0.717, 1.165) is 12.2 Å². The summed E-state index contributed by atoms with van der Waals surface area (Å²) in [6, 6.07) is 6.83. The monoisotopic (exact) mass is 337 g/mol. The smallest absolute Gasteiger partial charge is 0.373 e. The van der Waals surface area contributed by atoms with Crippen LogP contribution in [0.1, 0.15) is 63.2 Å². The number of ether oxygens (including phenoxy) is 2. The highest BCUT2D eigenvalue weighted by atomic mass is 17.2. The maximum Gasteiger partial charge on any atom is 0.373 e. The topological polar surface area (TPSA) is 54.0 Å². The molecule has 0 saturated carbocycles. The lowest BCUT2D eigenvalue weighted by molar-refractivity contribution is -0.218. The first-order valence-corrected chi connectivity index (χ1v) is 8.46. The number of methoxy groups -OCH3 is 1. The summed E-state index contributed by atoms with van der Waals surface area (Å²) in [5.74, 6) is 0.202. The van der Waals surface area contributed by atoms with Gasteiger partial charge >= 0.3 is 5.97 Å². The van der Waals surface area contributed by atoms with E-state index in [1.54, 1.807) is 31.4 Å². The van der Waals surface area contributed by atoms with Gasteiger partial charge in [0.15, 0.2) is 0 Å². The zero-order chi connectivity index (χ0) is 17.8. The predicted molar refractivity (Wildman–Crippen MR) is 92.6 cm³/mol. The van der Waals surface area contributed by atoms with E-state index in [-0.39, 0.29) is 5.60 Å². The van der Waals surface area contributed by atoms with Crippen molar-refractivity contribution in [3.05, 3.63) is 36.4 Å². The Hall–Kier alpha value is -1.59. The molecule has 0 unspecified atom stereocenters. The van der Waals surface area contributed by atoms with Crippen molar-refractivity contribution in [2.75, 3.05) is 13.7 Å². The van der Waals surface area contributed by atoms with Crippen molar-refractivity contribution in [3.63, 3.8) is 0 Å². The molecule has 0 aliphatic carbocycles. The van der Waals surface area contributed by atoms with Crippen LogP contribution in [0.2, 0.25) is 0 Å². The van der Waals surface area contributed by atoms with Crippen molar-refractivity contribution < 1.29 is 24.0 Å². The summed E-state index contributed by atoms with van der Waals surface area (Å²) in [7, 11) is 1.62. The summed E-state index contributed by atoms with van der Waals surface area (Å²) in [4.78, 5) is 21.4. The summed E-state index contributed by atoms with van der Waals surface area (Å²) in [5, 5.41) is 0. The Morgan fingerprint density at radius 2 is 1.83 bits per heavy atom. The quantitative estimate of drug-likeness (QED) is 0.314. The lowest BCUT2D eigenvalue weighted by atomic mass is 10.1. The van der Waals surface area contributed by atoms with E-state index in [9.17, 15) is 4.79 Å². The second-order valence-electron chi connectivity index (χ2n) is 6.24. The first kappa shape index (κ1) is 20.5. The van der Waals surface area contributed by atoms with E-state index < -0.39 is 5.97 Å². The second kappa shape index (κ2) is 11.0. The third-order valence-corrected chi connectivity index (χ3v) is 3.68. The minimum absolute atomic E-state index is 0.359. The standard InChI is InChI=1S/C19H29O5/c1-5-6-7-8-14-22-17-11-9-16(10-12-17)18(20)24-23-15-13-19(2,3)21-4/h9-12,15H,5-8,13-14H2,1-4H3. The molecular weight excluding hydrogens is 308 g/mol. The summed E-state index contributed by atoms with van der Waals surface area (Å²) in [6.07, 6.45) is 5.15. The van der Waals surface area contributed by atoms with E-state index in [2.05, 4.69) is 6.92 Å². The molecule has 0 bridgehead atoms. The van der Waals surface area contributed by atoms with Gasteiger partial charge < -0.3 is 9.47 Å². The summed E-state index contributed by atoms with van der Waals surface area (Å²) in [5.41, 5.74) is 0.0513. The van der Waals surface area contributed by atoms with Crippen molar-refractivity contribution in [2.45, 2.75) is 58.5 Å². The Morgan fingerprint density at radius 3 is 2.46 bits per heavy atom. The molecule has 1 radical (unpaired) electrons. The lowest BCUT2D eigenvalue weighted by Crippen LogP contribution is -2.22. The number of carbonyl (C=O) groups excluding carboxylic acids is 1. The Balaban J connectivity index is 2.28. The third-order valence-electron chi connectivity index (χ3n) is 3.68. The molecule has 0 spiro atoms. The molecule has 1 aromatic carbocycles. The average Bonchev–Trinajstić information content (AvgIpc) is 2.59. The lowest BCUT2D eigenvalue weighted by Gasteiger charge is -2.21. The summed E-state index contributed by atoms with van der Waals surface area (Å²) >= 11 is 0. The molecule has 0 atom stereocenters. The highest BCUT2D eigenvalue weighted by molar-refractivity contribution is 5.89. The van der Waals surface area contributed by atoms with Gasteiger partial charge in [0, 0.05) is 13.5 Å². The van der Waals surface area contributed by atoms with Crippen molar-refractivity contribution in [2.24, 2.45) is 0 Å². The van der Waals surface area contributed by atoms with Gasteiger partial charge in [-0.15, -0.1) is 0 Å². The molecule has 0 N–H and O–H groups in total. The first-order valence-electron chi connectivity index (χ1n) is 8.46. The molecule has 5 nitrogen and oxygen atoms in total. The fraction of sp³-hybridized carbons (Fsp3) is 0.579. The van der Waals surface area contributed by atoms with Crippen molar-refractivity contribution in [3.8, 4) is 5.75 Å². The van der Waals surface area contributed by atoms with Crippen molar-refractivity contribution in [1.29, 1.82) is 0 Å². The molecule has 0 saturated heterocycles. The fourth-order valence-electron chi connectivity index (χ4n) is 1.85. The normalized spacial score (nSPS) is 11.3. The number of hydrogen-bond acceptors (Lipinski definition) is 5. The Morgan fingerprint density at radius 1 is 1.12 bits per heavy atom. The Labute approximate surface area is 145 Å². The van der Waals surface area contributed by atoms with Gasteiger partial charge in [0.2, 0.25) is 0 Å². The van der Waals surface area contributed by atoms with Gasteiger partial charge in [0.05, 0.1) is 17.8 Å². The van der Waals surface area contributed by atoms with Gasteiger partial charge in [-0.3, -0.25) is 4.89 Å². The van der Waals surface area contributed by atoms with Crippen LogP contribution in [0.5, 0.6) is 5.75 Å². The van der Waals surface area contributed by atoms with Gasteiger partial charge in [-0.25, -0.2) is 4.79 Å². The molecule has 24 heavy (non-hydrogen) atoms. The SMILES string of the molecule is CCCCCCOc1ccc(C(=O)OO[CH]CC(C)(C)OC)cc1. The molecule has 0 aromatic heterocycles. The molecular formula is C19H29O5. The predicted octanol–water partition coefficient (Wildman–Crippen LogP) is 4.71. The van der Waals surface area contributed by atoms with Crippen molar-refractivity contribution >= 4 is 5.97 Å². The first-order chi connectivity index (χ1) is 11.5. The van der Waals surface area contributed by atoms with Crippen LogP contribution in [0.25, 0.3) is 0 Å². The maximum absolute atomic E-state index is 11.8. The van der Waals surface area contributed by atoms with Crippen molar-refractivity contribution in [1.82, 2.24) is 0 Å². The Bertz CT molecular complexity index is 467. The molecule has 1 rings (SSSR count). The van der Waals surface area contributed by atoms with Crippen LogP contribution >= 0.6 is 0 Å². The highest BCUT2D eigenvalue weighted by Gasteiger charge is 2.17. The summed E-state index contributed by atoms with van der Waals surface area (Å²) in [6.45, 7) is 8.11. The van der Waals surface area contributed by atoms with E-state index in [1.807, 2.05) is 13.8 Å². The van der Waals surface area contributed by atoms with E-state index >= 15 is 0 Å². The molecule has 135 valence electrons. The van der Waals surface area contributed by atoms with Crippen LogP contribution in [-0.4, -0.2) is 25.3 Å². The molecule has 0 heterocycles. The highest BCUT2D eigenvalue weighted by Crippen LogP contribution is 2.16. The van der Waals surface area contributed by atoms with Gasteiger partial charge in [-0.05, 0) is 44.5 Å². The largest absolute Gasteiger partial charge is 0.494 e. The molecule has 0 aliphatic heterocycles. The number of benzene rings is 1. The Kier molecular flexibility index (Phi) is 9.42. The average molecular weight is 337 g/mol. The van der Waals surface area contributed by atoms with Crippen LogP contribution in [0.4, 0.5) is 0 Å². The molecule has 0 fully saturated rings. The van der Waals surface area contributed by atoms with Gasteiger partial charge in [-0.1, -0.05) is 26.2 Å². The zero-order valence-electron chi connectivity index (χ0n) is 15.2. The molecule has 5 heteroatoms. The van der Waals surface area contributed by atoms with Gasteiger partial charge in [0.1, 0.15) is 12.4 Å². The van der Waals surface area contributed by atoms with Gasteiger partial charge in [0.25, 0.3) is 0 Å². The molecule has 0 aliphatic rings. The molecule has 1 aromatic rings. The minimum Gasteiger partial charge on any atom is -0.494 e. The number of unbranched alkanes of at least 4 members (excludes halogenated alkanes) is 3. The number of rotatable bonds is 12. The zero-order valence-corrected chi connectivity index (χ0v) is 15.2. The third kappa shape index (κ3) is 8.31. The molecule has 0 amide bonds. The van der Waals surface area contributed by atoms with Crippen LogP contribution in [-0.2, 0) is 14.5 Å². The number of hydrogen-bond donors (Lipinski definition) is 0. The van der Waals surface area contributed by atoms with Gasteiger partial charge in [-0.2, -0.15) is 4.89 Å². The van der Waals surface area contributed by atoms with E-state index in [0.29, 0.717) is 18.6 Å².